The fraction of sp³-hybridized carbons (Fsp3) is 0.367. The zero-order valence-corrected chi connectivity index (χ0v) is 69.1. The average molecular weight is 1670 g/mol. The molecule has 0 saturated carbocycles. The number of morpholine rings is 1. The number of likely N-dealkylation sites (tertiary alicyclic amines) is 4. The number of aryl methyl sites for hydroxylation is 1. The molecule has 5 aliphatic rings. The van der Waals surface area contributed by atoms with Crippen LogP contribution in [0, 0.1) is 12.8 Å². The summed E-state index contributed by atoms with van der Waals surface area (Å²) in [5.41, 5.74) is 17.9. The first-order valence-corrected chi connectivity index (χ1v) is 41.2. The van der Waals surface area contributed by atoms with Crippen molar-refractivity contribution < 1.29 is 65.7 Å². The fourth-order valence-corrected chi connectivity index (χ4v) is 17.3. The van der Waals surface area contributed by atoms with E-state index in [0.29, 0.717) is 79.3 Å². The van der Waals surface area contributed by atoms with Crippen molar-refractivity contribution in [2.45, 2.75) is 133 Å². The van der Waals surface area contributed by atoms with Crippen LogP contribution < -0.4 is 46.5 Å². The first kappa shape index (κ1) is 88.1. The van der Waals surface area contributed by atoms with E-state index in [9.17, 15) is 46.7 Å². The van der Waals surface area contributed by atoms with Gasteiger partial charge in [-0.05, 0) is 177 Å². The highest BCUT2D eigenvalue weighted by atomic mass is 35.5. The average Bonchev–Trinajstić information content (AvgIpc) is 1.75. The molecule has 0 spiro atoms. The molecule has 9 amide bonds. The third-order valence-electron chi connectivity index (χ3n) is 22.1. The van der Waals surface area contributed by atoms with Crippen molar-refractivity contribution in [2.75, 3.05) is 84.0 Å². The molecule has 6 aromatic carbocycles. The number of urea groups is 2. The van der Waals surface area contributed by atoms with E-state index in [1.54, 1.807) is 44.4 Å². The largest absolute Gasteiger partial charge is 0.497 e. The summed E-state index contributed by atoms with van der Waals surface area (Å²) in [7, 11) is 4.77. The van der Waals surface area contributed by atoms with Crippen molar-refractivity contribution in [2.24, 2.45) is 17.4 Å². The van der Waals surface area contributed by atoms with E-state index in [2.05, 4.69) is 51.8 Å². The molecule has 14 rings (SSSR count). The molecule has 8 heterocycles. The van der Waals surface area contributed by atoms with Crippen LogP contribution in [0.4, 0.5) is 34.1 Å². The molecular weight excluding hydrogens is 1560 g/mol. The molecule has 0 unspecified atom stereocenters. The van der Waals surface area contributed by atoms with Crippen LogP contribution in [-0.4, -0.2) is 150 Å². The minimum atomic E-state index is -4.50. The first-order chi connectivity index (χ1) is 57.4. The molecular formula is C90H103ClF3N13O11S. The zero-order valence-electron chi connectivity index (χ0n) is 67.5. The lowest BCUT2D eigenvalue weighted by Gasteiger charge is -2.32. The summed E-state index contributed by atoms with van der Waals surface area (Å²) in [5, 5.41) is 19.4. The second kappa shape index (κ2) is 42.1. The molecule has 0 aliphatic carbocycles. The Kier molecular flexibility index (Phi) is 31.1. The van der Waals surface area contributed by atoms with Crippen LogP contribution in [0.5, 0.6) is 17.2 Å². The number of halogens is 4. The Morgan fingerprint density at radius 3 is 1.82 bits per heavy atom. The number of nitrogens with zero attached hydrogens (tertiary/aromatic N) is 8. The van der Waals surface area contributed by atoms with Crippen molar-refractivity contribution in [3.63, 3.8) is 0 Å². The molecule has 9 aromatic rings. The zero-order chi connectivity index (χ0) is 84.7. The monoisotopic (exact) mass is 1670 g/mol. The lowest BCUT2D eigenvalue weighted by molar-refractivity contribution is -0.137. The Labute approximate surface area is 700 Å². The molecule has 628 valence electrons. The molecule has 0 bridgehead atoms. The van der Waals surface area contributed by atoms with Crippen molar-refractivity contribution >= 4 is 81.6 Å². The SMILES string of the molecule is C=C(Cl)/C(=C\C)[C@@H](CC(N)=O)CC(=O)N1CCC[C@H]1c1ccc(OC)c(OC)c1.COc1ccc([C@@H]2CCCN2C(=O)Nc2cc(C(F)(F)F)ccc2N2CCOCC2)cc1.Cc1ccccc1[C@@H]1CCCN1C(=O)C[C@H](NC(N)=O)c1cccs1.O=C(N[C@@H](CC(=O)N1CCC[C@H]1c1nnc2ccccn12)c1ccccc1)c1ccccc1. The van der Waals surface area contributed by atoms with Crippen LogP contribution in [-0.2, 0) is 30.1 Å². The van der Waals surface area contributed by atoms with Gasteiger partial charge in [0.25, 0.3) is 5.91 Å². The van der Waals surface area contributed by atoms with E-state index >= 15 is 0 Å². The van der Waals surface area contributed by atoms with E-state index in [0.717, 1.165) is 109 Å². The number of hydrogen-bond acceptors (Lipinski definition) is 15. The van der Waals surface area contributed by atoms with Crippen LogP contribution in [0.2, 0.25) is 0 Å². The number of hydrogen-bond donors (Lipinski definition) is 5. The number of methoxy groups -OCH3 is 3. The standard InChI is InChI=1S/C26H25N5O2.C23H26F3N3O3.C22H29ClN2O4.C19H23N3O2S/c32-24(30-17-9-14-22(30)25-29-28-23-15-7-8-16-31(23)25)18-21(19-10-3-1-4-11-19)27-26(33)20-12-5-2-6-13-20;1-31-18-7-4-16(5-8-18)20-3-2-10-29(20)22(30)27-19-15-17(23(24,25)26)6-9-21(19)28-11-13-32-14-12-28;1-5-17(14(2)23)16(12-21(24)26)13-22(27)25-10-6-7-18(25)15-8-9-19(28-3)20(11-15)29-4;1-13-6-2-3-7-14(13)16-8-4-10-22(16)18(23)12-15(21-19(20)24)17-9-5-11-25-17/h1-8,10-13,15-16,21-22H,9,14,17-18H2,(H,27,33);4-9,15,20H,2-3,10-14H2,1H3,(H,27,30);5,8-9,11,16,18H,2,6-7,10,12-13H2,1,3-4H3,(H2,24,26);2-3,5-7,9,11,15-16H,4,8,10,12H2,1H3,(H3,20,21,24)/b;;17-5+;/t21-,22-;20-;16-,18-;15-,16-/m0000/s1. The summed E-state index contributed by atoms with van der Waals surface area (Å²) in [5.74, 6) is 1.73. The topological polar surface area (TPSA) is 291 Å². The van der Waals surface area contributed by atoms with E-state index in [1.165, 1.54) is 28.5 Å². The second-order valence-electron chi connectivity index (χ2n) is 29.6. The van der Waals surface area contributed by atoms with E-state index < -0.39 is 35.8 Å². The van der Waals surface area contributed by atoms with Gasteiger partial charge in [-0.25, -0.2) is 9.59 Å². The van der Waals surface area contributed by atoms with Gasteiger partial charge in [-0.1, -0.05) is 127 Å². The Morgan fingerprint density at radius 2 is 1.20 bits per heavy atom. The van der Waals surface area contributed by atoms with Gasteiger partial charge in [0.2, 0.25) is 23.6 Å². The molecule has 0 radical (unpaired) electrons. The summed E-state index contributed by atoms with van der Waals surface area (Å²) < 4.78 is 63.3. The number of allylic oxidation sites excluding steroid dienone is 3. The van der Waals surface area contributed by atoms with Gasteiger partial charge in [0, 0.05) is 79.7 Å². The molecule has 24 nitrogen and oxygen atoms in total. The van der Waals surface area contributed by atoms with Gasteiger partial charge in [0.05, 0.1) is 101 Å². The number of primary amides is 2. The molecule has 3 aromatic heterocycles. The Balaban J connectivity index is 0.000000156. The van der Waals surface area contributed by atoms with Crippen molar-refractivity contribution in [3.8, 4) is 17.2 Å². The first-order valence-electron chi connectivity index (χ1n) is 40.0. The summed E-state index contributed by atoms with van der Waals surface area (Å²) in [6.07, 6.45) is 6.92. The molecule has 7 N–H and O–H groups in total. The van der Waals surface area contributed by atoms with Crippen LogP contribution in [0.15, 0.2) is 211 Å². The van der Waals surface area contributed by atoms with Crippen molar-refractivity contribution in [1.82, 2.24) is 44.8 Å². The van der Waals surface area contributed by atoms with Gasteiger partial charge < -0.3 is 70.9 Å². The minimum Gasteiger partial charge on any atom is -0.497 e. The quantitative estimate of drug-likeness (QED) is 0.0352. The lowest BCUT2D eigenvalue weighted by Crippen LogP contribution is -2.38. The number of nitrogens with two attached hydrogens (primary N) is 2. The highest BCUT2D eigenvalue weighted by Gasteiger charge is 2.39. The van der Waals surface area contributed by atoms with Gasteiger partial charge in [-0.3, -0.25) is 28.4 Å². The number of ether oxygens (including phenoxy) is 4. The maximum Gasteiger partial charge on any atom is 0.416 e. The predicted molar refractivity (Wildman–Crippen MR) is 453 cm³/mol. The Bertz CT molecular complexity index is 4980. The number of carbonyl (C=O) groups is 7. The minimum absolute atomic E-state index is 0.00704. The van der Waals surface area contributed by atoms with E-state index in [-0.39, 0.29) is 91.1 Å². The number of amides is 9. The molecule has 7 atom stereocenters. The van der Waals surface area contributed by atoms with Crippen LogP contribution in [0.25, 0.3) is 5.65 Å². The summed E-state index contributed by atoms with van der Waals surface area (Å²) >= 11 is 7.60. The van der Waals surface area contributed by atoms with Crippen molar-refractivity contribution in [3.05, 3.63) is 260 Å². The number of thiophene rings is 1. The molecule has 5 fully saturated rings. The molecule has 29 heteroatoms. The molecule has 119 heavy (non-hydrogen) atoms. The molecule has 5 aliphatic heterocycles. The number of fused-ring (bicyclic) bond motifs is 1. The van der Waals surface area contributed by atoms with Gasteiger partial charge in [-0.15, -0.1) is 21.5 Å². The Morgan fingerprint density at radius 1 is 0.613 bits per heavy atom. The van der Waals surface area contributed by atoms with E-state index in [4.69, 9.17) is 42.0 Å². The van der Waals surface area contributed by atoms with Gasteiger partial charge in [0.1, 0.15) is 5.75 Å². The van der Waals surface area contributed by atoms with Gasteiger partial charge in [-0.2, -0.15) is 13.2 Å². The summed E-state index contributed by atoms with van der Waals surface area (Å²) in [4.78, 5) is 98.8. The number of rotatable bonds is 24. The number of benzene rings is 6. The number of pyridine rings is 1. The van der Waals surface area contributed by atoms with Gasteiger partial charge in [0.15, 0.2) is 23.0 Å². The number of carbonyl (C=O) groups excluding carboxylic acids is 7. The predicted octanol–water partition coefficient (Wildman–Crippen LogP) is 16.3. The Hall–Kier alpha value is -11.8. The highest BCUT2D eigenvalue weighted by molar-refractivity contribution is 7.10. The number of nitrogens with one attached hydrogen (secondary N) is 3. The van der Waals surface area contributed by atoms with Gasteiger partial charge >= 0.3 is 18.2 Å². The van der Waals surface area contributed by atoms with Crippen LogP contribution in [0.1, 0.15) is 175 Å². The van der Waals surface area contributed by atoms with Crippen molar-refractivity contribution in [1.29, 1.82) is 0 Å². The van der Waals surface area contributed by atoms with E-state index in [1.807, 2.05) is 176 Å². The maximum absolute atomic E-state index is 13.5. The number of anilines is 2. The number of alkyl halides is 3. The smallest absolute Gasteiger partial charge is 0.416 e. The fourth-order valence-electron chi connectivity index (χ4n) is 16.2. The third kappa shape index (κ3) is 23.0. The highest BCUT2D eigenvalue weighted by Crippen LogP contribution is 2.43. The maximum atomic E-state index is 13.5. The third-order valence-corrected chi connectivity index (χ3v) is 23.3. The van der Waals surface area contributed by atoms with Crippen LogP contribution >= 0.6 is 22.9 Å². The second-order valence-corrected chi connectivity index (χ2v) is 31.0. The summed E-state index contributed by atoms with van der Waals surface area (Å²) in [6.45, 7) is 12.3. The van der Waals surface area contributed by atoms with Crippen LogP contribution in [0.3, 0.4) is 0 Å². The summed E-state index contributed by atoms with van der Waals surface area (Å²) in [6, 6.07) is 51.2. The lowest BCUT2D eigenvalue weighted by atomic mass is 9.90. The molecule has 5 saturated heterocycles. The normalized spacial score (nSPS) is 17.9. The number of aromatic nitrogens is 3.